The molecule has 2 saturated heterocycles. The van der Waals surface area contributed by atoms with Gasteiger partial charge in [0.15, 0.2) is 11.6 Å². The Balaban J connectivity index is 1.41. The Morgan fingerprint density at radius 1 is 1.29 bits per heavy atom. The molecule has 0 saturated carbocycles. The minimum absolute atomic E-state index is 0.0141. The summed E-state index contributed by atoms with van der Waals surface area (Å²) in [4.78, 5) is 37.9. The molecule has 2 amide bonds. The second-order valence-electron chi connectivity index (χ2n) is 7.82. The fourth-order valence-corrected chi connectivity index (χ4v) is 5.01. The van der Waals surface area contributed by atoms with Crippen LogP contribution >= 0.6 is 24.0 Å². The zero-order valence-corrected chi connectivity index (χ0v) is 20.2. The highest BCUT2D eigenvalue weighted by atomic mass is 32.2. The van der Waals surface area contributed by atoms with Crippen molar-refractivity contribution in [1.29, 1.82) is 0 Å². The van der Waals surface area contributed by atoms with Crippen LogP contribution in [0.25, 0.3) is 6.08 Å². The predicted molar refractivity (Wildman–Crippen MR) is 132 cm³/mol. The Bertz CT molecular complexity index is 1220. The number of likely N-dealkylation sites (N-methyl/N-ethyl adjacent to an activating group) is 1. The molecule has 4 rings (SSSR count). The average Bonchev–Trinajstić information content (AvgIpc) is 3.29. The second-order valence-corrected chi connectivity index (χ2v) is 9.49. The van der Waals surface area contributed by atoms with Crippen LogP contribution in [0, 0.1) is 5.82 Å². The lowest BCUT2D eigenvalue weighted by atomic mass is 10.1. The smallest absolute Gasteiger partial charge is 0.410 e. The van der Waals surface area contributed by atoms with Gasteiger partial charge < -0.3 is 19.5 Å². The van der Waals surface area contributed by atoms with Crippen LogP contribution in [0.2, 0.25) is 0 Å². The highest BCUT2D eigenvalue weighted by Crippen LogP contribution is 2.33. The second kappa shape index (κ2) is 10.4. The summed E-state index contributed by atoms with van der Waals surface area (Å²) in [6.45, 7) is 2.31. The number of hydrogen-bond acceptors (Lipinski definition) is 7. The first kappa shape index (κ1) is 24.7. The molecule has 0 bridgehead atoms. The number of ether oxygens (including phenoxy) is 2. The summed E-state index contributed by atoms with van der Waals surface area (Å²) in [5, 5.41) is 8.92. The number of aliphatic carboxylic acids is 1. The number of hydrogen-bond donors (Lipinski definition) is 1. The normalized spacial score (nSPS) is 19.0. The fraction of sp³-hybridized carbons (Fsp3) is 0.250. The highest BCUT2D eigenvalue weighted by molar-refractivity contribution is 8.26. The van der Waals surface area contributed by atoms with E-state index in [0.717, 1.165) is 22.2 Å². The van der Waals surface area contributed by atoms with Crippen molar-refractivity contribution in [3.8, 4) is 11.5 Å². The fourth-order valence-electron chi connectivity index (χ4n) is 3.75. The molecule has 2 aliphatic rings. The van der Waals surface area contributed by atoms with E-state index in [1.54, 1.807) is 23.1 Å². The molecule has 0 radical (unpaired) electrons. The van der Waals surface area contributed by atoms with Gasteiger partial charge >= 0.3 is 12.1 Å². The van der Waals surface area contributed by atoms with E-state index in [1.165, 1.54) is 18.2 Å². The molecular weight excluding hydrogens is 495 g/mol. The first-order valence-corrected chi connectivity index (χ1v) is 11.9. The van der Waals surface area contributed by atoms with Gasteiger partial charge in [0.05, 0.1) is 10.9 Å². The van der Waals surface area contributed by atoms with Gasteiger partial charge in [-0.25, -0.2) is 9.18 Å². The van der Waals surface area contributed by atoms with Gasteiger partial charge in [0, 0.05) is 6.54 Å². The summed E-state index contributed by atoms with van der Waals surface area (Å²) in [5.41, 5.74) is 1.41. The molecule has 35 heavy (non-hydrogen) atoms. The van der Waals surface area contributed by atoms with Crippen LogP contribution in [0.1, 0.15) is 18.1 Å². The number of halogens is 1. The van der Waals surface area contributed by atoms with Gasteiger partial charge in [0.25, 0.3) is 5.91 Å². The average molecular weight is 517 g/mol. The van der Waals surface area contributed by atoms with Crippen LogP contribution < -0.4 is 4.74 Å². The molecule has 1 atom stereocenters. The van der Waals surface area contributed by atoms with Crippen molar-refractivity contribution in [2.24, 2.45) is 0 Å². The number of carbonyl (C=O) groups excluding carboxylic acids is 2. The maximum Gasteiger partial charge on any atom is 0.410 e. The zero-order chi connectivity index (χ0) is 25.1. The molecule has 182 valence electrons. The molecule has 8 nitrogen and oxygen atoms in total. The molecule has 2 aromatic carbocycles. The number of benzene rings is 2. The minimum Gasteiger partial charge on any atom is -0.480 e. The summed E-state index contributed by atoms with van der Waals surface area (Å²) >= 11 is 6.03. The lowest BCUT2D eigenvalue weighted by Crippen LogP contribution is -2.34. The maximum absolute atomic E-state index is 14.7. The highest BCUT2D eigenvalue weighted by Gasteiger charge is 2.33. The van der Waals surface area contributed by atoms with E-state index in [1.807, 2.05) is 19.1 Å². The van der Waals surface area contributed by atoms with E-state index >= 15 is 0 Å². The van der Waals surface area contributed by atoms with Crippen LogP contribution in [0.15, 0.2) is 47.4 Å². The van der Waals surface area contributed by atoms with Gasteiger partial charge in [-0.05, 0) is 54.8 Å². The largest absolute Gasteiger partial charge is 0.480 e. The van der Waals surface area contributed by atoms with Crippen LogP contribution in [0.5, 0.6) is 11.5 Å². The van der Waals surface area contributed by atoms with E-state index in [4.69, 9.17) is 26.8 Å². The van der Waals surface area contributed by atoms with E-state index in [9.17, 15) is 18.8 Å². The molecule has 2 heterocycles. The number of nitrogens with zero attached hydrogens (tertiary/aromatic N) is 2. The van der Waals surface area contributed by atoms with Gasteiger partial charge in [-0.15, -0.1) is 0 Å². The lowest BCUT2D eigenvalue weighted by molar-refractivity contribution is -0.140. The first-order valence-electron chi connectivity index (χ1n) is 10.7. The third kappa shape index (κ3) is 5.63. The maximum atomic E-state index is 14.7. The summed E-state index contributed by atoms with van der Waals surface area (Å²) in [6, 6.07) is 11.4. The topological polar surface area (TPSA) is 96.4 Å². The number of rotatable bonds is 8. The zero-order valence-electron chi connectivity index (χ0n) is 18.6. The van der Waals surface area contributed by atoms with Gasteiger partial charge in [-0.1, -0.05) is 42.2 Å². The van der Waals surface area contributed by atoms with Crippen LogP contribution in [-0.2, 0) is 20.7 Å². The van der Waals surface area contributed by atoms with Crippen molar-refractivity contribution in [3.05, 3.63) is 64.3 Å². The molecule has 0 aliphatic carbocycles. The van der Waals surface area contributed by atoms with Crippen molar-refractivity contribution in [2.45, 2.75) is 19.4 Å². The molecule has 11 heteroatoms. The Morgan fingerprint density at radius 3 is 2.69 bits per heavy atom. The summed E-state index contributed by atoms with van der Waals surface area (Å²) in [6.07, 6.45) is 1.80. The molecule has 0 aromatic heterocycles. The number of amides is 2. The Hall–Kier alpha value is -3.44. The SMILES string of the molecule is CCN1C(=O)OCC1Cc1ccc(Oc2ccc(C=C3SC(=S)N(CC(=O)O)C3=O)cc2F)cc1. The van der Waals surface area contributed by atoms with Gasteiger partial charge in [0.1, 0.15) is 23.2 Å². The van der Waals surface area contributed by atoms with Gasteiger partial charge in [0.2, 0.25) is 0 Å². The molecule has 0 spiro atoms. The Morgan fingerprint density at radius 2 is 2.03 bits per heavy atom. The van der Waals surface area contributed by atoms with Crippen LogP contribution in [0.4, 0.5) is 9.18 Å². The summed E-state index contributed by atoms with van der Waals surface area (Å²) in [7, 11) is 0. The molecule has 1 unspecified atom stereocenters. The number of carbonyl (C=O) groups is 3. The number of carboxylic acids is 1. The molecule has 2 fully saturated rings. The van der Waals surface area contributed by atoms with Crippen molar-refractivity contribution in [1.82, 2.24) is 9.80 Å². The number of carboxylic acid groups (broad SMARTS) is 1. The van der Waals surface area contributed by atoms with Crippen molar-refractivity contribution < 1.29 is 33.4 Å². The monoisotopic (exact) mass is 516 g/mol. The first-order chi connectivity index (χ1) is 16.7. The van der Waals surface area contributed by atoms with Crippen LogP contribution in [-0.4, -0.2) is 62.9 Å². The van der Waals surface area contributed by atoms with E-state index in [0.29, 0.717) is 30.9 Å². The van der Waals surface area contributed by atoms with E-state index < -0.39 is 24.2 Å². The van der Waals surface area contributed by atoms with Crippen molar-refractivity contribution >= 4 is 52.3 Å². The molecule has 2 aliphatic heterocycles. The molecular formula is C24H21FN2O6S2. The summed E-state index contributed by atoms with van der Waals surface area (Å²) < 4.78 is 25.6. The van der Waals surface area contributed by atoms with Gasteiger partial charge in [-0.2, -0.15) is 0 Å². The number of thioether (sulfide) groups is 1. The Labute approximate surface area is 210 Å². The minimum atomic E-state index is -1.17. The third-order valence-corrected chi connectivity index (χ3v) is 6.84. The third-order valence-electron chi connectivity index (χ3n) is 5.46. The van der Waals surface area contributed by atoms with Gasteiger partial charge in [-0.3, -0.25) is 14.5 Å². The predicted octanol–water partition coefficient (Wildman–Crippen LogP) is 4.29. The molecule has 2 aromatic rings. The quantitative estimate of drug-likeness (QED) is 0.410. The van der Waals surface area contributed by atoms with Crippen molar-refractivity contribution in [2.75, 3.05) is 19.7 Å². The van der Waals surface area contributed by atoms with Crippen molar-refractivity contribution in [3.63, 3.8) is 0 Å². The standard InChI is InChI=1S/C24H21FN2O6S2/c1-2-26-16(13-32-23(26)31)9-14-3-6-17(7-4-14)33-19-8-5-15(10-18(19)25)11-20-22(30)27(12-21(28)29)24(34)35-20/h3-8,10-11,16H,2,9,12-13H2,1H3,(H,28,29). The number of thiocarbonyl (C=S) groups is 1. The Kier molecular flexibility index (Phi) is 7.37. The van der Waals surface area contributed by atoms with E-state index in [-0.39, 0.29) is 27.1 Å². The van der Waals surface area contributed by atoms with E-state index in [2.05, 4.69) is 0 Å². The lowest BCUT2D eigenvalue weighted by Gasteiger charge is -2.19. The molecule has 1 N–H and O–H groups in total. The van der Waals surface area contributed by atoms with Crippen LogP contribution in [0.3, 0.4) is 0 Å². The number of cyclic esters (lactones) is 1. The summed E-state index contributed by atoms with van der Waals surface area (Å²) in [5.74, 6) is -1.86.